The van der Waals surface area contributed by atoms with Gasteiger partial charge in [0.2, 0.25) is 0 Å². The molecular formula is C32H50N4O8S2. The Kier molecular flexibility index (Phi) is 12.7. The van der Waals surface area contributed by atoms with E-state index in [0.717, 1.165) is 22.9 Å². The van der Waals surface area contributed by atoms with Crippen molar-refractivity contribution in [3.05, 3.63) is 29.8 Å². The number of nitrogens with one attached hydrogen (secondary N) is 1. The molecule has 0 aliphatic carbocycles. The molecule has 3 N–H and O–H groups in total. The third-order valence-corrected chi connectivity index (χ3v) is 10.7. The van der Waals surface area contributed by atoms with Crippen LogP contribution in [0.4, 0.5) is 4.79 Å². The van der Waals surface area contributed by atoms with Gasteiger partial charge in [0, 0.05) is 20.0 Å². The first kappa shape index (κ1) is 36.8. The van der Waals surface area contributed by atoms with Crippen LogP contribution in [0.15, 0.2) is 34.3 Å². The summed E-state index contributed by atoms with van der Waals surface area (Å²) in [6.07, 6.45) is -0.759. The van der Waals surface area contributed by atoms with Gasteiger partial charge in [-0.1, -0.05) is 56.4 Å². The highest BCUT2D eigenvalue weighted by molar-refractivity contribution is 8.14. The minimum Gasteiger partial charge on any atom is -0.497 e. The van der Waals surface area contributed by atoms with Crippen molar-refractivity contribution in [2.75, 3.05) is 21.2 Å². The molecule has 0 saturated carbocycles. The Labute approximate surface area is 281 Å². The predicted octanol–water partition coefficient (Wildman–Crippen LogP) is 4.22. The molecule has 12 nitrogen and oxygen atoms in total. The van der Waals surface area contributed by atoms with Gasteiger partial charge in [-0.25, -0.2) is 4.79 Å². The fourth-order valence-electron chi connectivity index (χ4n) is 5.68. The van der Waals surface area contributed by atoms with Gasteiger partial charge in [0.25, 0.3) is 0 Å². The van der Waals surface area contributed by atoms with E-state index >= 15 is 0 Å². The van der Waals surface area contributed by atoms with Crippen molar-refractivity contribution in [3.8, 4) is 5.75 Å². The molecule has 0 bridgehead atoms. The van der Waals surface area contributed by atoms with E-state index in [4.69, 9.17) is 28.7 Å². The molecule has 0 radical (unpaired) electrons. The van der Waals surface area contributed by atoms with E-state index in [9.17, 15) is 15.0 Å². The average Bonchev–Trinajstić information content (AvgIpc) is 3.65. The Morgan fingerprint density at radius 2 is 1.72 bits per heavy atom. The standard InChI is InChI=1S/C23H34N2O5S.C9H16N2O3S/c1-8-17-14(2)19(28-13-15-9-11-16(27-7)12-10-15)18-20(29-17)31-21(24-18)25(6)22(26)30-23(3,4)5;1-3-4-6(12)7(13)5-8(14-4)15-9(10-2)11-5/h9-12,14,17-20H,8,13H2,1-7H3;4-8,12-13H,3H2,1-2H3,(H,10,11)/t14-,17-,18-,19+,20-;4-,5-,6-,7-,8-/m11/s1. The minimum absolute atomic E-state index is 0.0796. The number of ether oxygens (including phenoxy) is 5. The number of hydrogen-bond acceptors (Lipinski definition) is 12. The summed E-state index contributed by atoms with van der Waals surface area (Å²) in [5, 5.41) is 24.1. The monoisotopic (exact) mass is 682 g/mol. The van der Waals surface area contributed by atoms with E-state index in [0.29, 0.717) is 18.2 Å². The number of rotatable bonds is 6. The number of benzene rings is 1. The van der Waals surface area contributed by atoms with Gasteiger partial charge in [-0.2, -0.15) is 0 Å². The Hall–Kier alpha value is -2.07. The van der Waals surface area contributed by atoms with Crippen LogP contribution < -0.4 is 10.1 Å². The van der Waals surface area contributed by atoms with Crippen LogP contribution in [0, 0.1) is 5.92 Å². The van der Waals surface area contributed by atoms with E-state index in [1.807, 2.05) is 52.0 Å². The SMILES string of the molecule is CC[C@H]1O[C@@H]2SC(=NC)N[C@@H]2[C@@H](O)[C@@H]1O.CC[C@H]1O[C@@H]2SC(N(C)C(=O)OC(C)(C)C)=N[C@@H]2[C@@H](OCc2ccc(OC)cc2)[C@@H]1C. The number of amidine groups is 2. The van der Waals surface area contributed by atoms with Crippen LogP contribution in [-0.2, 0) is 25.6 Å². The highest BCUT2D eigenvalue weighted by atomic mass is 32.2. The third kappa shape index (κ3) is 8.69. The summed E-state index contributed by atoms with van der Waals surface area (Å²) in [6.45, 7) is 12.2. The van der Waals surface area contributed by atoms with Crippen molar-refractivity contribution in [1.82, 2.24) is 10.2 Å². The lowest BCUT2D eigenvalue weighted by atomic mass is 9.88. The van der Waals surface area contributed by atoms with Gasteiger partial charge < -0.3 is 39.2 Å². The highest BCUT2D eigenvalue weighted by Crippen LogP contribution is 2.42. The van der Waals surface area contributed by atoms with Crippen molar-refractivity contribution in [2.45, 2.75) is 120 Å². The summed E-state index contributed by atoms with van der Waals surface area (Å²) < 4.78 is 29.1. The van der Waals surface area contributed by atoms with Gasteiger partial charge in [0.15, 0.2) is 10.3 Å². The van der Waals surface area contributed by atoms with E-state index < -0.39 is 23.9 Å². The van der Waals surface area contributed by atoms with Gasteiger partial charge in [-0.05, 0) is 51.3 Å². The Bertz CT molecular complexity index is 1230. The smallest absolute Gasteiger partial charge is 0.416 e. The molecule has 1 amide bonds. The van der Waals surface area contributed by atoms with Crippen molar-refractivity contribution < 1.29 is 38.7 Å². The summed E-state index contributed by atoms with van der Waals surface area (Å²) in [6, 6.07) is 7.44. The Morgan fingerprint density at radius 1 is 1.07 bits per heavy atom. The number of methoxy groups -OCH3 is 1. The molecular weight excluding hydrogens is 633 g/mol. The maximum Gasteiger partial charge on any atom is 0.416 e. The zero-order chi connectivity index (χ0) is 33.8. The number of amides is 1. The summed E-state index contributed by atoms with van der Waals surface area (Å²) in [7, 11) is 5.03. The van der Waals surface area contributed by atoms with Crippen molar-refractivity contribution in [3.63, 3.8) is 0 Å². The molecule has 258 valence electrons. The predicted molar refractivity (Wildman–Crippen MR) is 181 cm³/mol. The number of thioether (sulfide) groups is 2. The fraction of sp³-hybridized carbons (Fsp3) is 0.719. The average molecular weight is 683 g/mol. The molecule has 10 atom stereocenters. The van der Waals surface area contributed by atoms with Crippen LogP contribution in [0.25, 0.3) is 0 Å². The van der Waals surface area contributed by atoms with Gasteiger partial charge >= 0.3 is 6.09 Å². The number of fused-ring (bicyclic) bond motifs is 2. The lowest BCUT2D eigenvalue weighted by molar-refractivity contribution is -0.156. The topological polar surface area (TPSA) is 144 Å². The van der Waals surface area contributed by atoms with Gasteiger partial charge in [0.1, 0.15) is 40.5 Å². The first-order valence-electron chi connectivity index (χ1n) is 15.8. The summed E-state index contributed by atoms with van der Waals surface area (Å²) in [5.74, 6) is 1.00. The molecule has 3 saturated heterocycles. The van der Waals surface area contributed by atoms with Crippen LogP contribution in [-0.4, -0.2) is 112 Å². The van der Waals surface area contributed by atoms with Crippen LogP contribution in [0.5, 0.6) is 5.75 Å². The third-order valence-electron chi connectivity index (χ3n) is 8.29. The molecule has 1 aromatic rings. The first-order valence-corrected chi connectivity index (χ1v) is 17.6. The van der Waals surface area contributed by atoms with E-state index in [2.05, 4.69) is 24.2 Å². The van der Waals surface area contributed by atoms with Gasteiger partial charge in [0.05, 0.1) is 38.1 Å². The zero-order valence-corrected chi connectivity index (χ0v) is 29.8. The van der Waals surface area contributed by atoms with Crippen molar-refractivity contribution >= 4 is 40.0 Å². The number of aliphatic hydroxyl groups excluding tert-OH is 2. The lowest BCUT2D eigenvalue weighted by Gasteiger charge is -2.41. The molecule has 46 heavy (non-hydrogen) atoms. The molecule has 4 heterocycles. The van der Waals surface area contributed by atoms with Crippen LogP contribution in [0.1, 0.15) is 59.9 Å². The lowest BCUT2D eigenvalue weighted by Crippen LogP contribution is -2.58. The van der Waals surface area contributed by atoms with E-state index in [-0.39, 0.29) is 47.2 Å². The largest absolute Gasteiger partial charge is 0.497 e. The van der Waals surface area contributed by atoms with Gasteiger partial charge in [-0.15, -0.1) is 0 Å². The normalized spacial score (nSPS) is 34.4. The number of nitrogens with zero attached hydrogens (tertiary/aromatic N) is 3. The molecule has 1 aromatic carbocycles. The Balaban J connectivity index is 0.000000266. The number of aliphatic hydroxyl groups is 2. The second kappa shape index (κ2) is 15.9. The van der Waals surface area contributed by atoms with E-state index in [1.54, 1.807) is 21.2 Å². The molecule has 0 unspecified atom stereocenters. The maximum absolute atomic E-state index is 12.5. The molecule has 5 rings (SSSR count). The highest BCUT2D eigenvalue weighted by Gasteiger charge is 2.50. The quantitative estimate of drug-likeness (QED) is 0.397. The number of aliphatic imine (C=N–C) groups is 2. The Morgan fingerprint density at radius 3 is 2.30 bits per heavy atom. The number of carbonyl (C=O) groups excluding carboxylic acids is 1. The summed E-state index contributed by atoms with van der Waals surface area (Å²) in [5.41, 5.74) is 0.184. The zero-order valence-electron chi connectivity index (χ0n) is 28.2. The van der Waals surface area contributed by atoms with E-state index in [1.165, 1.54) is 28.4 Å². The van der Waals surface area contributed by atoms with Crippen LogP contribution in [0.3, 0.4) is 0 Å². The molecule has 4 aliphatic heterocycles. The second-order valence-corrected chi connectivity index (χ2v) is 14.9. The van der Waals surface area contributed by atoms with Crippen LogP contribution in [0.2, 0.25) is 0 Å². The summed E-state index contributed by atoms with van der Waals surface area (Å²) >= 11 is 2.93. The molecule has 3 fully saturated rings. The molecule has 14 heteroatoms. The number of carbonyl (C=O) groups is 1. The second-order valence-electron chi connectivity index (χ2n) is 12.7. The minimum atomic E-state index is -0.819. The number of hydrogen-bond donors (Lipinski definition) is 3. The van der Waals surface area contributed by atoms with Crippen molar-refractivity contribution in [1.29, 1.82) is 0 Å². The summed E-state index contributed by atoms with van der Waals surface area (Å²) in [4.78, 5) is 22.8. The first-order chi connectivity index (χ1) is 21.8. The molecule has 0 aromatic heterocycles. The van der Waals surface area contributed by atoms with Gasteiger partial charge in [-0.3, -0.25) is 14.9 Å². The van der Waals surface area contributed by atoms with Crippen LogP contribution >= 0.6 is 23.5 Å². The molecule has 0 spiro atoms. The van der Waals surface area contributed by atoms with Crippen molar-refractivity contribution in [2.24, 2.45) is 15.9 Å². The molecule has 4 aliphatic rings. The maximum atomic E-state index is 12.5. The fourth-order valence-corrected chi connectivity index (χ4v) is 7.96.